The predicted octanol–water partition coefficient (Wildman–Crippen LogP) is 4.09. The van der Waals surface area contributed by atoms with Crippen molar-refractivity contribution in [3.8, 4) is 0 Å². The van der Waals surface area contributed by atoms with Crippen LogP contribution in [-0.4, -0.2) is 46.7 Å². The number of benzene rings is 1. The number of carbonyl (C=O) groups is 2. The van der Waals surface area contributed by atoms with Crippen LogP contribution in [0, 0.1) is 12.3 Å². The molecule has 3 aromatic rings. The number of pyridine rings is 1. The Kier molecular flexibility index (Phi) is 5.00. The van der Waals surface area contributed by atoms with Gasteiger partial charge in [-0.2, -0.15) is 0 Å². The Bertz CT molecular complexity index is 1130. The molecule has 0 unspecified atom stereocenters. The summed E-state index contributed by atoms with van der Waals surface area (Å²) < 4.78 is 0. The molecular weight excluding hydrogens is 388 g/mol. The first-order valence-corrected chi connectivity index (χ1v) is 11.1. The van der Waals surface area contributed by atoms with Gasteiger partial charge in [-0.3, -0.25) is 9.59 Å². The number of hydrogen-bond acceptors (Lipinski definition) is 4. The highest BCUT2D eigenvalue weighted by molar-refractivity contribution is 5.86. The summed E-state index contributed by atoms with van der Waals surface area (Å²) in [6.07, 6.45) is 6.59. The van der Waals surface area contributed by atoms with Crippen LogP contribution in [0.5, 0.6) is 0 Å². The number of carbonyl (C=O) groups excluding carboxylic acids is 2. The summed E-state index contributed by atoms with van der Waals surface area (Å²) in [6, 6.07) is 11.9. The van der Waals surface area contributed by atoms with Crippen molar-refractivity contribution in [1.82, 2.24) is 14.9 Å². The highest BCUT2D eigenvalue weighted by Gasteiger charge is 2.45. The Morgan fingerprint density at radius 2 is 1.94 bits per heavy atom. The van der Waals surface area contributed by atoms with Crippen LogP contribution in [0.1, 0.15) is 47.3 Å². The Labute approximate surface area is 182 Å². The van der Waals surface area contributed by atoms with E-state index in [2.05, 4.69) is 31.9 Å². The minimum Gasteiger partial charge on any atom is -0.361 e. The maximum Gasteiger partial charge on any atom is 0.229 e. The molecule has 0 bridgehead atoms. The lowest BCUT2D eigenvalue weighted by Gasteiger charge is -2.46. The molecular formula is C25H28N4O2. The Morgan fingerprint density at radius 1 is 1.13 bits per heavy atom. The van der Waals surface area contributed by atoms with Crippen LogP contribution in [0.3, 0.4) is 0 Å². The van der Waals surface area contributed by atoms with E-state index < -0.39 is 0 Å². The third kappa shape index (κ3) is 3.60. The van der Waals surface area contributed by atoms with Crippen LogP contribution in [0.4, 0.5) is 5.82 Å². The smallest absolute Gasteiger partial charge is 0.229 e. The normalized spacial score (nSPS) is 18.7. The molecule has 6 heteroatoms. The lowest BCUT2D eigenvalue weighted by Crippen LogP contribution is -2.53. The van der Waals surface area contributed by atoms with E-state index in [1.54, 1.807) is 6.07 Å². The van der Waals surface area contributed by atoms with Crippen LogP contribution < -0.4 is 4.90 Å². The molecule has 4 heterocycles. The monoisotopic (exact) mass is 416 g/mol. The molecule has 2 aliphatic rings. The predicted molar refractivity (Wildman–Crippen MR) is 121 cm³/mol. The Hall–Kier alpha value is -3.15. The molecule has 160 valence electrons. The largest absolute Gasteiger partial charge is 0.361 e. The number of aromatic amines is 1. The van der Waals surface area contributed by atoms with Gasteiger partial charge in [0.25, 0.3) is 0 Å². The maximum absolute atomic E-state index is 13.6. The second kappa shape index (κ2) is 7.84. The zero-order chi connectivity index (χ0) is 21.4. The van der Waals surface area contributed by atoms with Gasteiger partial charge in [-0.05, 0) is 56.4 Å². The fourth-order valence-electron chi connectivity index (χ4n) is 5.31. The van der Waals surface area contributed by atoms with Crippen molar-refractivity contribution in [1.29, 1.82) is 0 Å². The van der Waals surface area contributed by atoms with E-state index in [9.17, 15) is 9.59 Å². The number of aromatic nitrogens is 2. The summed E-state index contributed by atoms with van der Waals surface area (Å²) in [5.41, 5.74) is 3.53. The summed E-state index contributed by atoms with van der Waals surface area (Å²) in [6.45, 7) is 4.99. The third-order valence-corrected chi connectivity index (χ3v) is 7.00. The molecule has 1 spiro atoms. The van der Waals surface area contributed by atoms with Gasteiger partial charge in [0.05, 0.1) is 5.41 Å². The molecule has 2 aliphatic heterocycles. The van der Waals surface area contributed by atoms with Gasteiger partial charge in [0.2, 0.25) is 5.91 Å². The zero-order valence-electron chi connectivity index (χ0n) is 17.9. The standard InChI is InChI=1S/C25H28N4O2/c1-18-13-19(17-30)14-23(27-18)28-11-8-25(9-12-28)7-4-10-29(24(25)31)16-20-15-26-22-6-3-2-5-21(20)22/h2-3,5-6,13-15,17,26H,4,7-12,16H2,1H3. The first-order valence-electron chi connectivity index (χ1n) is 11.1. The lowest BCUT2D eigenvalue weighted by atomic mass is 9.71. The molecule has 2 saturated heterocycles. The van der Waals surface area contributed by atoms with Crippen molar-refractivity contribution < 1.29 is 9.59 Å². The number of piperidine rings is 2. The fourth-order valence-corrected chi connectivity index (χ4v) is 5.31. The summed E-state index contributed by atoms with van der Waals surface area (Å²) in [4.78, 5) is 37.1. The number of nitrogens with one attached hydrogen (secondary N) is 1. The van der Waals surface area contributed by atoms with E-state index in [0.29, 0.717) is 18.0 Å². The van der Waals surface area contributed by atoms with Crippen LogP contribution in [0.25, 0.3) is 10.9 Å². The number of para-hydroxylation sites is 1. The minimum atomic E-state index is -0.266. The molecule has 6 nitrogen and oxygen atoms in total. The molecule has 1 aromatic carbocycles. The number of H-pyrrole nitrogens is 1. The molecule has 0 radical (unpaired) electrons. The lowest BCUT2D eigenvalue weighted by molar-refractivity contribution is -0.148. The van der Waals surface area contributed by atoms with Gasteiger partial charge in [0, 0.05) is 54.5 Å². The number of likely N-dealkylation sites (tertiary alicyclic amines) is 1. The molecule has 1 amide bonds. The first-order chi connectivity index (χ1) is 15.1. The van der Waals surface area contributed by atoms with Gasteiger partial charge in [0.15, 0.2) is 0 Å². The van der Waals surface area contributed by atoms with Gasteiger partial charge in [-0.25, -0.2) is 4.98 Å². The van der Waals surface area contributed by atoms with Crippen LogP contribution in [-0.2, 0) is 11.3 Å². The Morgan fingerprint density at radius 3 is 2.74 bits per heavy atom. The van der Waals surface area contributed by atoms with E-state index >= 15 is 0 Å². The van der Waals surface area contributed by atoms with Crippen LogP contribution >= 0.6 is 0 Å². The molecule has 0 atom stereocenters. The van der Waals surface area contributed by atoms with Crippen molar-refractivity contribution in [3.05, 3.63) is 59.4 Å². The van der Waals surface area contributed by atoms with E-state index in [-0.39, 0.29) is 5.41 Å². The van der Waals surface area contributed by atoms with Gasteiger partial charge in [-0.1, -0.05) is 18.2 Å². The minimum absolute atomic E-state index is 0.266. The maximum atomic E-state index is 13.6. The molecule has 0 saturated carbocycles. The SMILES string of the molecule is Cc1cc(C=O)cc(N2CCC3(CCCN(Cc4c[nH]c5ccccc45)C3=O)CC2)n1. The van der Waals surface area contributed by atoms with E-state index in [0.717, 1.165) is 68.6 Å². The van der Waals surface area contributed by atoms with Gasteiger partial charge in [-0.15, -0.1) is 0 Å². The highest BCUT2D eigenvalue weighted by Crippen LogP contribution is 2.42. The van der Waals surface area contributed by atoms with E-state index in [4.69, 9.17) is 0 Å². The quantitative estimate of drug-likeness (QED) is 0.651. The number of fused-ring (bicyclic) bond motifs is 1. The Balaban J connectivity index is 1.31. The van der Waals surface area contributed by atoms with Crippen LogP contribution in [0.15, 0.2) is 42.6 Å². The number of aldehydes is 1. The van der Waals surface area contributed by atoms with Crippen molar-refractivity contribution in [2.75, 3.05) is 24.5 Å². The topological polar surface area (TPSA) is 69.3 Å². The molecule has 31 heavy (non-hydrogen) atoms. The second-order valence-electron chi connectivity index (χ2n) is 8.98. The summed E-state index contributed by atoms with van der Waals surface area (Å²) in [7, 11) is 0. The first kappa shape index (κ1) is 19.8. The number of nitrogens with zero attached hydrogens (tertiary/aromatic N) is 3. The molecule has 1 N–H and O–H groups in total. The van der Waals surface area contributed by atoms with E-state index in [1.165, 1.54) is 10.9 Å². The number of hydrogen-bond donors (Lipinski definition) is 1. The van der Waals surface area contributed by atoms with Gasteiger partial charge in [0.1, 0.15) is 12.1 Å². The average molecular weight is 417 g/mol. The molecule has 2 fully saturated rings. The summed E-state index contributed by atoms with van der Waals surface area (Å²) in [5.74, 6) is 1.14. The average Bonchev–Trinajstić information content (AvgIpc) is 3.20. The molecule has 5 rings (SSSR count). The highest BCUT2D eigenvalue weighted by atomic mass is 16.2. The number of anilines is 1. The zero-order valence-corrected chi connectivity index (χ0v) is 17.9. The van der Waals surface area contributed by atoms with Crippen molar-refractivity contribution in [2.24, 2.45) is 5.41 Å². The van der Waals surface area contributed by atoms with Crippen molar-refractivity contribution in [2.45, 2.75) is 39.2 Å². The van der Waals surface area contributed by atoms with Crippen LogP contribution in [0.2, 0.25) is 0 Å². The molecule has 0 aliphatic carbocycles. The van der Waals surface area contributed by atoms with E-state index in [1.807, 2.05) is 31.3 Å². The molecule has 2 aromatic heterocycles. The number of aryl methyl sites for hydroxylation is 1. The second-order valence-corrected chi connectivity index (χ2v) is 8.98. The summed E-state index contributed by atoms with van der Waals surface area (Å²) in [5, 5.41) is 1.20. The number of rotatable bonds is 4. The summed E-state index contributed by atoms with van der Waals surface area (Å²) >= 11 is 0. The van der Waals surface area contributed by atoms with Crippen molar-refractivity contribution in [3.63, 3.8) is 0 Å². The number of amides is 1. The van der Waals surface area contributed by atoms with Gasteiger partial charge < -0.3 is 14.8 Å². The van der Waals surface area contributed by atoms with Gasteiger partial charge >= 0.3 is 0 Å². The third-order valence-electron chi connectivity index (χ3n) is 7.00. The van der Waals surface area contributed by atoms with Crippen molar-refractivity contribution >= 4 is 28.9 Å². The fraction of sp³-hybridized carbons (Fsp3) is 0.400.